The molecule has 1 fully saturated rings. The van der Waals surface area contributed by atoms with Gasteiger partial charge in [-0.1, -0.05) is 6.07 Å². The molecule has 0 bridgehead atoms. The first-order valence-electron chi connectivity index (χ1n) is 8.45. The van der Waals surface area contributed by atoms with Crippen LogP contribution in [-0.4, -0.2) is 33.3 Å². The van der Waals surface area contributed by atoms with Gasteiger partial charge in [-0.3, -0.25) is 0 Å². The van der Waals surface area contributed by atoms with Crippen LogP contribution in [-0.2, 0) is 12.7 Å². The second-order valence-corrected chi connectivity index (χ2v) is 7.29. The highest BCUT2D eigenvalue weighted by molar-refractivity contribution is 9.10. The Hall–Kier alpha value is -1.73. The summed E-state index contributed by atoms with van der Waals surface area (Å²) in [6, 6.07) is 11.6. The van der Waals surface area contributed by atoms with Crippen molar-refractivity contribution in [1.82, 2.24) is 0 Å². The normalized spacial score (nSPS) is 16.0. The van der Waals surface area contributed by atoms with E-state index in [-0.39, 0.29) is 0 Å². The van der Waals surface area contributed by atoms with Crippen LogP contribution >= 0.6 is 15.9 Å². The van der Waals surface area contributed by atoms with Crippen LogP contribution < -0.4 is 14.5 Å². The highest BCUT2D eigenvalue weighted by Crippen LogP contribution is 2.31. The lowest BCUT2D eigenvalue weighted by Gasteiger charge is -2.34. The van der Waals surface area contributed by atoms with E-state index < -0.39 is 11.7 Å². The summed E-state index contributed by atoms with van der Waals surface area (Å²) >= 11 is 3.50. The fraction of sp³-hybridized carbons (Fsp3) is 0.368. The second kappa shape index (κ2) is 7.88. The van der Waals surface area contributed by atoms with E-state index in [9.17, 15) is 13.2 Å². The molecule has 7 heteroatoms. The Morgan fingerprint density at radius 3 is 2.46 bits per heavy atom. The fourth-order valence-electron chi connectivity index (χ4n) is 3.25. The number of quaternary nitrogens is 1. The van der Waals surface area contributed by atoms with Crippen molar-refractivity contribution in [1.29, 1.82) is 0 Å². The van der Waals surface area contributed by atoms with E-state index in [1.807, 2.05) is 11.0 Å². The molecule has 0 spiro atoms. The molecule has 0 aliphatic carbocycles. The fourth-order valence-corrected chi connectivity index (χ4v) is 3.83. The molecule has 2 aromatic carbocycles. The predicted molar refractivity (Wildman–Crippen MR) is 98.8 cm³/mol. The zero-order chi connectivity index (χ0) is 18.7. The maximum absolute atomic E-state index is 12.9. The topological polar surface area (TPSA) is 16.9 Å². The van der Waals surface area contributed by atoms with E-state index >= 15 is 0 Å². The van der Waals surface area contributed by atoms with Crippen molar-refractivity contribution in [3.8, 4) is 5.75 Å². The van der Waals surface area contributed by atoms with Crippen molar-refractivity contribution in [2.75, 3.05) is 38.2 Å². The summed E-state index contributed by atoms with van der Waals surface area (Å²) < 4.78 is 44.8. The van der Waals surface area contributed by atoms with Crippen LogP contribution in [0.3, 0.4) is 0 Å². The molecule has 1 heterocycles. The largest absolute Gasteiger partial charge is 0.496 e. The minimum atomic E-state index is -4.30. The first-order valence-corrected chi connectivity index (χ1v) is 9.24. The van der Waals surface area contributed by atoms with Gasteiger partial charge in [0.1, 0.15) is 12.3 Å². The third-order valence-corrected chi connectivity index (χ3v) is 5.30. The van der Waals surface area contributed by atoms with Gasteiger partial charge in [-0.05, 0) is 52.3 Å². The summed E-state index contributed by atoms with van der Waals surface area (Å²) in [5.41, 5.74) is 1.26. The monoisotopic (exact) mass is 429 g/mol. The standard InChI is InChI=1S/C19H20BrF3N2O/c1-26-18-6-5-14(11-17(18)20)13-24-7-9-25(10-8-24)16-4-2-3-15(12-16)19(21,22)23/h2-6,11-12H,7-10,13H2,1H3/p+1. The third-order valence-electron chi connectivity index (χ3n) is 4.68. The van der Waals surface area contributed by atoms with Gasteiger partial charge in [-0.15, -0.1) is 0 Å². The number of alkyl halides is 3. The average Bonchev–Trinajstić information content (AvgIpc) is 2.62. The van der Waals surface area contributed by atoms with Crippen molar-refractivity contribution in [2.24, 2.45) is 0 Å². The molecule has 0 saturated carbocycles. The van der Waals surface area contributed by atoms with Crippen LogP contribution in [0.4, 0.5) is 18.9 Å². The van der Waals surface area contributed by atoms with Gasteiger partial charge in [0.25, 0.3) is 0 Å². The van der Waals surface area contributed by atoms with E-state index in [0.717, 1.165) is 49.0 Å². The molecular formula is C19H21BrF3N2O+. The molecular weight excluding hydrogens is 409 g/mol. The van der Waals surface area contributed by atoms with Gasteiger partial charge in [0.2, 0.25) is 0 Å². The molecule has 1 aliphatic rings. The molecule has 140 valence electrons. The molecule has 26 heavy (non-hydrogen) atoms. The minimum Gasteiger partial charge on any atom is -0.496 e. The Morgan fingerprint density at radius 1 is 1.12 bits per heavy atom. The van der Waals surface area contributed by atoms with Crippen LogP contribution in [0.25, 0.3) is 0 Å². The van der Waals surface area contributed by atoms with Crippen LogP contribution in [0.2, 0.25) is 0 Å². The number of piperazine rings is 1. The number of nitrogens with one attached hydrogen (secondary N) is 1. The zero-order valence-corrected chi connectivity index (χ0v) is 16.0. The maximum Gasteiger partial charge on any atom is 0.416 e. The van der Waals surface area contributed by atoms with Gasteiger partial charge in [0.15, 0.2) is 0 Å². The van der Waals surface area contributed by atoms with E-state index in [1.54, 1.807) is 13.2 Å². The van der Waals surface area contributed by atoms with Crippen LogP contribution in [0.5, 0.6) is 5.75 Å². The van der Waals surface area contributed by atoms with Crippen molar-refractivity contribution >= 4 is 21.6 Å². The number of hydrogen-bond donors (Lipinski definition) is 1. The number of anilines is 1. The summed E-state index contributed by atoms with van der Waals surface area (Å²) in [6.07, 6.45) is -4.30. The van der Waals surface area contributed by atoms with Crippen LogP contribution in [0.1, 0.15) is 11.1 Å². The van der Waals surface area contributed by atoms with E-state index in [1.165, 1.54) is 22.6 Å². The maximum atomic E-state index is 12.9. The molecule has 1 saturated heterocycles. The summed E-state index contributed by atoms with van der Waals surface area (Å²) in [5, 5.41) is 0. The SMILES string of the molecule is COc1ccc(C[NH+]2CCN(c3cccc(C(F)(F)F)c3)CC2)cc1Br. The molecule has 0 aromatic heterocycles. The average molecular weight is 430 g/mol. The lowest BCUT2D eigenvalue weighted by atomic mass is 10.1. The summed E-state index contributed by atoms with van der Waals surface area (Å²) in [4.78, 5) is 3.45. The number of hydrogen-bond acceptors (Lipinski definition) is 2. The third kappa shape index (κ3) is 4.51. The number of halogens is 4. The Morgan fingerprint density at radius 2 is 1.85 bits per heavy atom. The molecule has 1 N–H and O–H groups in total. The summed E-state index contributed by atoms with van der Waals surface area (Å²) in [5.74, 6) is 0.804. The molecule has 0 unspecified atom stereocenters. The van der Waals surface area contributed by atoms with E-state index in [0.29, 0.717) is 5.69 Å². The highest BCUT2D eigenvalue weighted by atomic mass is 79.9. The van der Waals surface area contributed by atoms with E-state index in [4.69, 9.17) is 4.74 Å². The lowest BCUT2D eigenvalue weighted by Crippen LogP contribution is -3.13. The minimum absolute atomic E-state index is 0.590. The Bertz CT molecular complexity index is 759. The first-order chi connectivity index (χ1) is 12.4. The van der Waals surface area contributed by atoms with Crippen LogP contribution in [0, 0.1) is 0 Å². The number of ether oxygens (including phenoxy) is 1. The summed E-state index contributed by atoms with van der Waals surface area (Å²) in [6.45, 7) is 4.15. The Labute approximate surface area is 159 Å². The second-order valence-electron chi connectivity index (χ2n) is 6.43. The van der Waals surface area contributed by atoms with Crippen molar-refractivity contribution in [3.05, 3.63) is 58.1 Å². The van der Waals surface area contributed by atoms with Crippen molar-refractivity contribution in [3.63, 3.8) is 0 Å². The van der Waals surface area contributed by atoms with Gasteiger partial charge in [0, 0.05) is 11.3 Å². The lowest BCUT2D eigenvalue weighted by molar-refractivity contribution is -0.914. The van der Waals surface area contributed by atoms with Crippen molar-refractivity contribution in [2.45, 2.75) is 12.7 Å². The highest BCUT2D eigenvalue weighted by Gasteiger charge is 2.31. The quantitative estimate of drug-likeness (QED) is 0.801. The number of nitrogens with zero attached hydrogens (tertiary/aromatic N) is 1. The van der Waals surface area contributed by atoms with Gasteiger partial charge in [0.05, 0.1) is 43.3 Å². The van der Waals surface area contributed by atoms with Gasteiger partial charge in [-0.25, -0.2) is 0 Å². The molecule has 3 nitrogen and oxygen atoms in total. The Kier molecular flexibility index (Phi) is 5.77. The van der Waals surface area contributed by atoms with E-state index in [2.05, 4.69) is 28.1 Å². The van der Waals surface area contributed by atoms with Gasteiger partial charge in [-0.2, -0.15) is 13.2 Å². The molecule has 3 rings (SSSR count). The van der Waals surface area contributed by atoms with Crippen LogP contribution in [0.15, 0.2) is 46.9 Å². The summed E-state index contributed by atoms with van der Waals surface area (Å²) in [7, 11) is 1.64. The molecule has 1 aliphatic heterocycles. The van der Waals surface area contributed by atoms with Gasteiger partial charge >= 0.3 is 6.18 Å². The molecule has 0 radical (unpaired) electrons. The molecule has 0 amide bonds. The molecule has 0 atom stereocenters. The first kappa shape index (κ1) is 19.0. The van der Waals surface area contributed by atoms with Crippen molar-refractivity contribution < 1.29 is 22.8 Å². The number of rotatable bonds is 4. The van der Waals surface area contributed by atoms with Gasteiger partial charge < -0.3 is 14.5 Å². The Balaban J connectivity index is 1.60. The zero-order valence-electron chi connectivity index (χ0n) is 14.4. The smallest absolute Gasteiger partial charge is 0.416 e. The molecule has 2 aromatic rings. The number of methoxy groups -OCH3 is 1. The predicted octanol–water partition coefficient (Wildman–Crippen LogP) is 3.38. The number of benzene rings is 2.